The van der Waals surface area contributed by atoms with Crippen LogP contribution in [0.3, 0.4) is 0 Å². The van der Waals surface area contributed by atoms with Gasteiger partial charge in [-0.15, -0.1) is 0 Å². The highest BCUT2D eigenvalue weighted by Crippen LogP contribution is 2.30. The van der Waals surface area contributed by atoms with Crippen LogP contribution < -0.4 is 5.32 Å². The Balaban J connectivity index is 1.82. The summed E-state index contributed by atoms with van der Waals surface area (Å²) in [5.74, 6) is -0.770. The molecule has 0 saturated carbocycles. The number of anilines is 2. The Morgan fingerprint density at radius 2 is 2.07 bits per heavy atom. The van der Waals surface area contributed by atoms with Gasteiger partial charge in [0, 0.05) is 36.1 Å². The molecule has 8 heteroatoms. The molecule has 0 unspecified atom stereocenters. The van der Waals surface area contributed by atoms with Crippen molar-refractivity contribution < 1.29 is 13.9 Å². The minimum Gasteiger partial charge on any atom is -0.378 e. The van der Waals surface area contributed by atoms with Gasteiger partial charge in [0.15, 0.2) is 5.65 Å². The van der Waals surface area contributed by atoms with Gasteiger partial charge in [0.25, 0.3) is 5.91 Å². The number of ether oxygens (including phenoxy) is 1. The Morgan fingerprint density at radius 3 is 2.83 bits per heavy atom. The van der Waals surface area contributed by atoms with Crippen LogP contribution in [0.5, 0.6) is 0 Å². The molecule has 1 aromatic carbocycles. The zero-order chi connectivity index (χ0) is 20.4. The lowest BCUT2D eigenvalue weighted by atomic mass is 10.1. The quantitative estimate of drug-likeness (QED) is 0.737. The molecule has 3 heterocycles. The number of hydrogen-bond acceptors (Lipinski definition) is 6. The van der Waals surface area contributed by atoms with E-state index in [0.717, 1.165) is 5.69 Å². The summed E-state index contributed by atoms with van der Waals surface area (Å²) in [6.07, 6.45) is 1.50. The molecule has 1 aliphatic rings. The summed E-state index contributed by atoms with van der Waals surface area (Å²) >= 11 is 0. The molecule has 0 radical (unpaired) electrons. The van der Waals surface area contributed by atoms with Gasteiger partial charge in [-0.05, 0) is 37.3 Å². The number of morpholine rings is 1. The number of nitrogens with zero attached hydrogens (tertiary/aromatic N) is 4. The Kier molecular flexibility index (Phi) is 5.06. The van der Waals surface area contributed by atoms with E-state index in [1.54, 1.807) is 4.90 Å². The van der Waals surface area contributed by atoms with Crippen LogP contribution in [-0.4, -0.2) is 47.1 Å². The zero-order valence-corrected chi connectivity index (χ0v) is 15.8. The van der Waals surface area contributed by atoms with Crippen molar-refractivity contribution in [3.8, 4) is 6.07 Å². The van der Waals surface area contributed by atoms with Crippen LogP contribution in [-0.2, 0) is 4.74 Å². The number of fused-ring (bicyclic) bond motifs is 1. The van der Waals surface area contributed by atoms with Gasteiger partial charge in [-0.3, -0.25) is 4.79 Å². The molecule has 1 fully saturated rings. The van der Waals surface area contributed by atoms with E-state index in [2.05, 4.69) is 15.3 Å². The van der Waals surface area contributed by atoms with E-state index >= 15 is 0 Å². The fourth-order valence-electron chi connectivity index (χ4n) is 3.24. The van der Waals surface area contributed by atoms with Gasteiger partial charge in [0.1, 0.15) is 11.9 Å². The third kappa shape index (κ3) is 3.73. The van der Waals surface area contributed by atoms with E-state index in [1.165, 1.54) is 24.4 Å². The molecule has 4 rings (SSSR count). The second-order valence-electron chi connectivity index (χ2n) is 6.71. The minimum absolute atomic E-state index is 0.0802. The van der Waals surface area contributed by atoms with Crippen LogP contribution in [0.4, 0.5) is 15.8 Å². The predicted molar refractivity (Wildman–Crippen MR) is 105 cm³/mol. The van der Waals surface area contributed by atoms with Crippen molar-refractivity contribution in [2.45, 2.75) is 6.92 Å². The highest BCUT2D eigenvalue weighted by Gasteiger charge is 2.23. The first-order valence-corrected chi connectivity index (χ1v) is 9.17. The second kappa shape index (κ2) is 7.81. The molecular weight excluding hydrogens is 373 g/mol. The van der Waals surface area contributed by atoms with Gasteiger partial charge in [0.05, 0.1) is 30.0 Å². The van der Waals surface area contributed by atoms with Gasteiger partial charge in [-0.1, -0.05) is 0 Å². The highest BCUT2D eigenvalue weighted by molar-refractivity contribution is 6.07. The first kappa shape index (κ1) is 18.8. The third-order valence-electron chi connectivity index (χ3n) is 4.75. The molecule has 2 aromatic heterocycles. The van der Waals surface area contributed by atoms with Gasteiger partial charge in [-0.2, -0.15) is 5.26 Å². The second-order valence-corrected chi connectivity index (χ2v) is 6.71. The summed E-state index contributed by atoms with van der Waals surface area (Å²) in [6.45, 7) is 3.83. The predicted octanol–water partition coefficient (Wildman–Crippen LogP) is 3.17. The van der Waals surface area contributed by atoms with Crippen LogP contribution in [0.2, 0.25) is 0 Å². The van der Waals surface area contributed by atoms with Crippen LogP contribution in [0.15, 0.2) is 36.5 Å². The van der Waals surface area contributed by atoms with Crippen LogP contribution in [0.25, 0.3) is 11.0 Å². The van der Waals surface area contributed by atoms with E-state index in [1.807, 2.05) is 25.1 Å². The number of nitriles is 1. The summed E-state index contributed by atoms with van der Waals surface area (Å²) in [5.41, 5.74) is 2.61. The van der Waals surface area contributed by atoms with Crippen molar-refractivity contribution in [2.75, 3.05) is 31.6 Å². The summed E-state index contributed by atoms with van der Waals surface area (Å²) < 4.78 is 19.0. The molecule has 1 aliphatic heterocycles. The zero-order valence-electron chi connectivity index (χ0n) is 15.8. The number of carbonyl (C=O) groups is 1. The molecule has 29 heavy (non-hydrogen) atoms. The lowest BCUT2D eigenvalue weighted by Gasteiger charge is -2.27. The minimum atomic E-state index is -0.598. The summed E-state index contributed by atoms with van der Waals surface area (Å²) in [7, 11) is 0. The number of benzene rings is 1. The number of aromatic nitrogens is 2. The average molecular weight is 391 g/mol. The number of halogens is 1. The van der Waals surface area contributed by atoms with Crippen LogP contribution >= 0.6 is 0 Å². The highest BCUT2D eigenvalue weighted by atomic mass is 19.1. The number of aryl methyl sites for hydroxylation is 1. The van der Waals surface area contributed by atoms with Gasteiger partial charge in [0.2, 0.25) is 0 Å². The molecule has 7 nitrogen and oxygen atoms in total. The molecule has 1 N–H and O–H groups in total. The molecule has 146 valence electrons. The van der Waals surface area contributed by atoms with Crippen molar-refractivity contribution >= 4 is 28.3 Å². The normalized spacial score (nSPS) is 13.9. The SMILES string of the molecule is Cc1ccc2c(Nc3ccc(F)c(C#N)c3)c(C(=O)N3CCOCC3)cnc2n1. The largest absolute Gasteiger partial charge is 0.378 e. The smallest absolute Gasteiger partial charge is 0.257 e. The molecule has 0 aliphatic carbocycles. The van der Waals surface area contributed by atoms with Gasteiger partial charge >= 0.3 is 0 Å². The maximum atomic E-state index is 13.7. The van der Waals surface area contributed by atoms with Gasteiger partial charge < -0.3 is 15.0 Å². The fourth-order valence-corrected chi connectivity index (χ4v) is 3.24. The maximum absolute atomic E-state index is 13.7. The monoisotopic (exact) mass is 391 g/mol. The van der Waals surface area contributed by atoms with Gasteiger partial charge in [-0.25, -0.2) is 14.4 Å². The molecule has 1 saturated heterocycles. The molecule has 3 aromatic rings. The Labute approximate surface area is 166 Å². The number of hydrogen-bond donors (Lipinski definition) is 1. The molecule has 0 bridgehead atoms. The van der Waals surface area contributed by atoms with E-state index in [-0.39, 0.29) is 11.5 Å². The van der Waals surface area contributed by atoms with Crippen molar-refractivity contribution in [2.24, 2.45) is 0 Å². The lowest BCUT2D eigenvalue weighted by Crippen LogP contribution is -2.41. The average Bonchev–Trinajstić information content (AvgIpc) is 2.75. The lowest BCUT2D eigenvalue weighted by molar-refractivity contribution is 0.0303. The van der Waals surface area contributed by atoms with Crippen LogP contribution in [0.1, 0.15) is 21.6 Å². The van der Waals surface area contributed by atoms with Crippen molar-refractivity contribution in [1.29, 1.82) is 5.26 Å². The number of amides is 1. The van der Waals surface area contributed by atoms with E-state index in [9.17, 15) is 9.18 Å². The van der Waals surface area contributed by atoms with Crippen molar-refractivity contribution in [3.63, 3.8) is 0 Å². The number of rotatable bonds is 3. The number of carbonyl (C=O) groups excluding carboxylic acids is 1. The van der Waals surface area contributed by atoms with Crippen molar-refractivity contribution in [1.82, 2.24) is 14.9 Å². The summed E-state index contributed by atoms with van der Waals surface area (Å²) in [6, 6.07) is 9.66. The van der Waals surface area contributed by atoms with Crippen LogP contribution in [0, 0.1) is 24.1 Å². The fraction of sp³-hybridized carbons (Fsp3) is 0.238. The summed E-state index contributed by atoms with van der Waals surface area (Å²) in [4.78, 5) is 23.7. The van der Waals surface area contributed by atoms with E-state index in [4.69, 9.17) is 10.00 Å². The molecule has 0 spiro atoms. The number of nitrogens with one attached hydrogen (secondary N) is 1. The molecule has 1 amide bonds. The third-order valence-corrected chi connectivity index (χ3v) is 4.75. The summed E-state index contributed by atoms with van der Waals surface area (Å²) in [5, 5.41) is 13.0. The van der Waals surface area contributed by atoms with E-state index < -0.39 is 5.82 Å². The maximum Gasteiger partial charge on any atom is 0.257 e. The van der Waals surface area contributed by atoms with E-state index in [0.29, 0.717) is 54.3 Å². The molecule has 0 atom stereocenters. The first-order chi connectivity index (χ1) is 14.1. The topological polar surface area (TPSA) is 91.1 Å². The Hall–Kier alpha value is -3.57. The van der Waals surface area contributed by atoms with Crippen molar-refractivity contribution in [3.05, 3.63) is 59.2 Å². The standard InChI is InChI=1S/C21H18FN5O2/c1-13-2-4-16-19(26-15-3-5-18(22)14(10-15)11-23)17(12-24-20(16)25-13)21(28)27-6-8-29-9-7-27/h2-5,10,12H,6-9H2,1H3,(H,24,25,26). The number of pyridine rings is 2. The first-order valence-electron chi connectivity index (χ1n) is 9.17. The Bertz CT molecular complexity index is 1140. The molecular formula is C21H18FN5O2. The Morgan fingerprint density at radius 1 is 1.28 bits per heavy atom.